The van der Waals surface area contributed by atoms with E-state index in [1.54, 1.807) is 49.4 Å². The molecule has 0 aromatic heterocycles. The summed E-state index contributed by atoms with van der Waals surface area (Å²) in [6.07, 6.45) is -1.18. The summed E-state index contributed by atoms with van der Waals surface area (Å²) in [5.41, 5.74) is 2.80. The lowest BCUT2D eigenvalue weighted by Gasteiger charge is -2.24. The number of nitrogens with one attached hydrogen (secondary N) is 1. The number of rotatable bonds is 11. The van der Waals surface area contributed by atoms with E-state index < -0.39 is 42.1 Å². The van der Waals surface area contributed by atoms with Crippen LogP contribution in [-0.4, -0.2) is 36.1 Å². The fourth-order valence-corrected chi connectivity index (χ4v) is 3.95. The third-order valence-electron chi connectivity index (χ3n) is 6.19. The number of carbonyl (C=O) groups excluding carboxylic acids is 4. The first-order valence-corrected chi connectivity index (χ1v) is 13.2. The smallest absolute Gasteiger partial charge is 0.408 e. The molecule has 0 spiro atoms. The Labute approximate surface area is 234 Å². The van der Waals surface area contributed by atoms with Crippen molar-refractivity contribution in [2.75, 3.05) is 0 Å². The fraction of sp³-hybridized carbons (Fsp3) is 0.312. The maximum atomic E-state index is 13.0. The Morgan fingerprint density at radius 3 is 1.93 bits per heavy atom. The molecule has 0 fully saturated rings. The zero-order valence-corrected chi connectivity index (χ0v) is 23.2. The van der Waals surface area contributed by atoms with E-state index in [4.69, 9.17) is 14.2 Å². The first kappa shape index (κ1) is 30.1. The summed E-state index contributed by atoms with van der Waals surface area (Å²) in [6, 6.07) is 23.1. The monoisotopic (exact) mass is 545 g/mol. The van der Waals surface area contributed by atoms with Crippen molar-refractivity contribution in [2.45, 2.75) is 58.8 Å². The number of hydrogen-bond donors (Lipinski definition) is 1. The molecule has 0 heterocycles. The molecular weight excluding hydrogens is 510 g/mol. The Balaban J connectivity index is 1.69. The Kier molecular flexibility index (Phi) is 11.0. The van der Waals surface area contributed by atoms with Crippen LogP contribution in [0.1, 0.15) is 60.7 Å². The lowest BCUT2D eigenvalue weighted by atomic mass is 9.97. The number of esters is 3. The largest absolute Gasteiger partial charge is 0.459 e. The van der Waals surface area contributed by atoms with Gasteiger partial charge in [0.05, 0.1) is 11.5 Å². The Bertz CT molecular complexity index is 1270. The average Bonchev–Trinajstić information content (AvgIpc) is 2.95. The SMILES string of the molecule is CC(C)Cc1ccc(C(C)C(=O)O[C@H](C)[C@H](NC(=O)OCc2ccccc2)C(=O)OC(=O)c2ccccc2)cc1. The average molecular weight is 546 g/mol. The number of hydrogen-bond acceptors (Lipinski definition) is 7. The number of benzene rings is 3. The van der Waals surface area contributed by atoms with Crippen LogP contribution in [0.3, 0.4) is 0 Å². The molecule has 3 aromatic carbocycles. The van der Waals surface area contributed by atoms with E-state index >= 15 is 0 Å². The van der Waals surface area contributed by atoms with Crippen molar-refractivity contribution < 1.29 is 33.4 Å². The third-order valence-corrected chi connectivity index (χ3v) is 6.19. The molecule has 3 atom stereocenters. The predicted octanol–water partition coefficient (Wildman–Crippen LogP) is 5.60. The van der Waals surface area contributed by atoms with Crippen molar-refractivity contribution in [3.05, 3.63) is 107 Å². The van der Waals surface area contributed by atoms with Gasteiger partial charge in [-0.3, -0.25) is 4.79 Å². The van der Waals surface area contributed by atoms with Crippen molar-refractivity contribution in [3.63, 3.8) is 0 Å². The molecule has 0 aliphatic heterocycles. The molecule has 40 heavy (non-hydrogen) atoms. The van der Waals surface area contributed by atoms with Gasteiger partial charge in [-0.15, -0.1) is 0 Å². The van der Waals surface area contributed by atoms with Gasteiger partial charge < -0.3 is 19.5 Å². The highest BCUT2D eigenvalue weighted by molar-refractivity contribution is 5.99. The van der Waals surface area contributed by atoms with E-state index in [-0.39, 0.29) is 12.2 Å². The Morgan fingerprint density at radius 2 is 1.32 bits per heavy atom. The molecule has 8 heteroatoms. The Morgan fingerprint density at radius 1 is 0.725 bits per heavy atom. The molecule has 3 rings (SSSR count). The molecule has 0 aliphatic carbocycles. The second kappa shape index (κ2) is 14.6. The summed E-state index contributed by atoms with van der Waals surface area (Å²) in [7, 11) is 0. The molecule has 0 aliphatic rings. The summed E-state index contributed by atoms with van der Waals surface area (Å²) < 4.78 is 15.8. The maximum Gasteiger partial charge on any atom is 0.408 e. The quantitative estimate of drug-likeness (QED) is 0.190. The lowest BCUT2D eigenvalue weighted by molar-refractivity contribution is -0.155. The molecule has 0 bridgehead atoms. The number of amides is 1. The molecule has 0 saturated carbocycles. The first-order valence-electron chi connectivity index (χ1n) is 13.2. The normalized spacial score (nSPS) is 13.0. The van der Waals surface area contributed by atoms with Gasteiger partial charge in [0.1, 0.15) is 12.7 Å². The lowest BCUT2D eigenvalue weighted by Crippen LogP contribution is -2.50. The standard InChI is InChI=1S/C32H35NO7/c1-21(2)19-24-15-17-26(18-16-24)22(3)29(34)39-23(4)28(31(36)40-30(35)27-13-9-6-10-14-27)33-32(37)38-20-25-11-7-5-8-12-25/h5-18,21-23,28H,19-20H2,1-4H3,(H,33,37)/t22?,23-,28+/m1/s1. The van der Waals surface area contributed by atoms with E-state index in [1.165, 1.54) is 19.1 Å². The van der Waals surface area contributed by atoms with Gasteiger partial charge in [-0.05, 0) is 55.0 Å². The summed E-state index contributed by atoms with van der Waals surface area (Å²) in [6.45, 7) is 7.35. The van der Waals surface area contributed by atoms with Gasteiger partial charge in [-0.25, -0.2) is 14.4 Å². The van der Waals surface area contributed by atoms with Gasteiger partial charge >= 0.3 is 24.0 Å². The summed E-state index contributed by atoms with van der Waals surface area (Å²) in [5, 5.41) is 2.39. The van der Waals surface area contributed by atoms with Crippen LogP contribution in [0.5, 0.6) is 0 Å². The number of carbonyl (C=O) groups is 4. The minimum atomic E-state index is -1.50. The Hall–Kier alpha value is -4.46. The van der Waals surface area contributed by atoms with Gasteiger partial charge in [0.15, 0.2) is 6.04 Å². The molecule has 0 saturated heterocycles. The van der Waals surface area contributed by atoms with E-state index in [9.17, 15) is 19.2 Å². The van der Waals surface area contributed by atoms with E-state index in [0.29, 0.717) is 5.92 Å². The van der Waals surface area contributed by atoms with Crippen LogP contribution in [0.2, 0.25) is 0 Å². The topological polar surface area (TPSA) is 108 Å². The zero-order valence-electron chi connectivity index (χ0n) is 23.2. The van der Waals surface area contributed by atoms with Crippen LogP contribution in [0.25, 0.3) is 0 Å². The van der Waals surface area contributed by atoms with Crippen molar-refractivity contribution in [1.29, 1.82) is 0 Å². The molecule has 1 N–H and O–H groups in total. The van der Waals surface area contributed by atoms with Gasteiger partial charge in [0.25, 0.3) is 0 Å². The van der Waals surface area contributed by atoms with Gasteiger partial charge in [0, 0.05) is 0 Å². The van der Waals surface area contributed by atoms with Crippen LogP contribution in [0.15, 0.2) is 84.9 Å². The second-order valence-electron chi connectivity index (χ2n) is 9.96. The summed E-state index contributed by atoms with van der Waals surface area (Å²) in [4.78, 5) is 51.1. The van der Waals surface area contributed by atoms with Crippen molar-refractivity contribution in [1.82, 2.24) is 5.32 Å². The van der Waals surface area contributed by atoms with E-state index in [0.717, 1.165) is 23.1 Å². The maximum absolute atomic E-state index is 13.0. The van der Waals surface area contributed by atoms with Crippen LogP contribution < -0.4 is 5.32 Å². The van der Waals surface area contributed by atoms with Gasteiger partial charge in [-0.2, -0.15) is 0 Å². The summed E-state index contributed by atoms with van der Waals surface area (Å²) in [5.74, 6) is -2.72. The molecule has 1 unspecified atom stereocenters. The van der Waals surface area contributed by atoms with Gasteiger partial charge in [0.2, 0.25) is 0 Å². The first-order chi connectivity index (χ1) is 19.1. The number of alkyl carbamates (subject to hydrolysis) is 1. The van der Waals surface area contributed by atoms with Crippen LogP contribution in [0.4, 0.5) is 4.79 Å². The molecule has 3 aromatic rings. The van der Waals surface area contributed by atoms with Crippen molar-refractivity contribution >= 4 is 24.0 Å². The third kappa shape index (κ3) is 9.08. The minimum Gasteiger partial charge on any atom is -0.459 e. The van der Waals surface area contributed by atoms with Crippen LogP contribution >= 0.6 is 0 Å². The zero-order chi connectivity index (χ0) is 29.1. The highest BCUT2D eigenvalue weighted by Gasteiger charge is 2.34. The highest BCUT2D eigenvalue weighted by atomic mass is 16.6. The molecule has 1 amide bonds. The molecular formula is C32H35NO7. The van der Waals surface area contributed by atoms with Crippen LogP contribution in [0, 0.1) is 5.92 Å². The van der Waals surface area contributed by atoms with Crippen molar-refractivity contribution in [2.24, 2.45) is 5.92 Å². The minimum absolute atomic E-state index is 0.0462. The second-order valence-corrected chi connectivity index (χ2v) is 9.96. The van der Waals surface area contributed by atoms with Crippen LogP contribution in [-0.2, 0) is 36.8 Å². The molecule has 8 nitrogen and oxygen atoms in total. The van der Waals surface area contributed by atoms with E-state index in [2.05, 4.69) is 19.2 Å². The van der Waals surface area contributed by atoms with Crippen molar-refractivity contribution in [3.8, 4) is 0 Å². The predicted molar refractivity (Wildman–Crippen MR) is 149 cm³/mol. The summed E-state index contributed by atoms with van der Waals surface area (Å²) >= 11 is 0. The highest BCUT2D eigenvalue weighted by Crippen LogP contribution is 2.20. The molecule has 210 valence electrons. The van der Waals surface area contributed by atoms with E-state index in [1.807, 2.05) is 30.3 Å². The fourth-order valence-electron chi connectivity index (χ4n) is 3.95. The molecule has 0 radical (unpaired) electrons. The van der Waals surface area contributed by atoms with Gasteiger partial charge in [-0.1, -0.05) is 86.6 Å². The number of ether oxygens (including phenoxy) is 3.